The Morgan fingerprint density at radius 3 is 1.46 bits per heavy atom. The summed E-state index contributed by atoms with van der Waals surface area (Å²) in [4.78, 5) is 92.2. The smallest absolute Gasteiger partial charge is 0.408 e. The molecule has 0 saturated carbocycles. The van der Waals surface area contributed by atoms with Gasteiger partial charge in [0, 0.05) is 32.5 Å². The number of rotatable bonds is 25. The number of nitrogens with zero attached hydrogens (tertiary/aromatic N) is 2. The van der Waals surface area contributed by atoms with Crippen LogP contribution in [-0.4, -0.2) is 152 Å². The van der Waals surface area contributed by atoms with Crippen LogP contribution in [0, 0.1) is 11.8 Å². The summed E-state index contributed by atoms with van der Waals surface area (Å²) in [5, 5.41) is 19.1. The lowest BCUT2D eigenvalue weighted by Gasteiger charge is -2.36. The van der Waals surface area contributed by atoms with E-state index >= 15 is 0 Å². The number of esters is 2. The molecule has 2 fully saturated rings. The van der Waals surface area contributed by atoms with Gasteiger partial charge in [0.05, 0.1) is 12.6 Å². The molecule has 0 aliphatic carbocycles. The van der Waals surface area contributed by atoms with Crippen LogP contribution in [0.4, 0.5) is 4.79 Å². The summed E-state index contributed by atoms with van der Waals surface area (Å²) in [6.45, 7) is 41.9. The summed E-state index contributed by atoms with van der Waals surface area (Å²) in [5.74, 6) is -1.86. The molecule has 4 rings (SSSR count). The Morgan fingerprint density at radius 2 is 1.10 bits per heavy atom. The first-order chi connectivity index (χ1) is 42.0. The summed E-state index contributed by atoms with van der Waals surface area (Å²) in [6, 6.07) is 9.89. The number of aliphatic hydroxyl groups excluding tert-OH is 1. The lowest BCUT2D eigenvalue weighted by Crippen LogP contribution is -2.62. The van der Waals surface area contributed by atoms with Crippen molar-refractivity contribution >= 4 is 93.1 Å². The van der Waals surface area contributed by atoms with E-state index in [1.54, 1.807) is 46.8 Å². The van der Waals surface area contributed by atoms with Crippen LogP contribution < -0.4 is 41.4 Å². The Hall–Kier alpha value is -5.25. The predicted octanol–water partition coefficient (Wildman–Crippen LogP) is 10.3. The molecular formula is C65H107Cl3N8O13Si2. The molecule has 2 aromatic carbocycles. The second-order valence-corrected chi connectivity index (χ2v) is 39.5. The SMILES string of the molecule is C=CCCO.C=CCCOC(=O)[C@@H]1CCCN(C(=O)[C@H](Cc2cccc(O[Si](C)(C)C(C)(C)C)c2)NC(=O)[C@@H](NC(=O)OC(C)(C)C)C(C)C)N1.CC(C)[C@H](N)C(=O)N[C@@H](Cc1cccc(O[Si](C)(C)C(C)(C)C)c1)C(=O)N1CCC[C@@H](C(=O)OCC(Cl)(Cl)Cl)N1. The van der Waals surface area contributed by atoms with E-state index in [0.29, 0.717) is 63.1 Å². The highest BCUT2D eigenvalue weighted by Gasteiger charge is 2.42. The number of hydrazine groups is 2. The molecule has 6 atom stereocenters. The van der Waals surface area contributed by atoms with Gasteiger partial charge < -0.3 is 49.9 Å². The summed E-state index contributed by atoms with van der Waals surface area (Å²) < 4.78 is 27.0. The highest BCUT2D eigenvalue weighted by atomic mass is 35.6. The molecule has 8 N–H and O–H groups in total. The molecule has 91 heavy (non-hydrogen) atoms. The number of nitrogens with two attached hydrogens (primary N) is 1. The molecule has 0 bridgehead atoms. The average molecular weight is 1370 g/mol. The minimum atomic E-state index is -2.13. The first-order valence-electron chi connectivity index (χ1n) is 31.3. The molecular weight excluding hydrogens is 1260 g/mol. The minimum absolute atomic E-state index is 0.00815. The number of hydrogen-bond donors (Lipinski definition) is 7. The monoisotopic (exact) mass is 1370 g/mol. The number of carbonyl (C=O) groups is 7. The van der Waals surface area contributed by atoms with Crippen LogP contribution in [0.3, 0.4) is 0 Å². The Balaban J connectivity index is 0.000000581. The normalized spacial score (nSPS) is 17.0. The molecule has 0 unspecified atom stereocenters. The Bertz CT molecular complexity index is 2710. The van der Waals surface area contributed by atoms with E-state index in [0.717, 1.165) is 11.1 Å². The van der Waals surface area contributed by atoms with Crippen molar-refractivity contribution in [1.82, 2.24) is 36.8 Å². The van der Waals surface area contributed by atoms with Crippen LogP contribution in [0.25, 0.3) is 0 Å². The van der Waals surface area contributed by atoms with E-state index in [4.69, 9.17) is 68.7 Å². The van der Waals surface area contributed by atoms with Gasteiger partial charge in [0.2, 0.25) is 32.2 Å². The van der Waals surface area contributed by atoms with Gasteiger partial charge in [-0.15, -0.1) is 13.2 Å². The van der Waals surface area contributed by atoms with Gasteiger partial charge in [0.25, 0.3) is 11.8 Å². The lowest BCUT2D eigenvalue weighted by molar-refractivity contribution is -0.154. The van der Waals surface area contributed by atoms with Crippen molar-refractivity contribution in [3.63, 3.8) is 0 Å². The van der Waals surface area contributed by atoms with Crippen LogP contribution in [0.1, 0.15) is 140 Å². The standard InChI is InChI=1S/C34H56N4O7Si.C27H43Cl3N4O5Si.C4H8O/c1-12-13-20-43-31(41)26-18-15-19-38(37-26)30(40)27(35-29(39)28(23(2)3)36-32(42)44-33(4,5)6)22-24-16-14-17-25(21-24)45-46(10,11)34(7,8)9;1-17(2)22(31)23(35)32-21(15-18-10-8-11-19(14-18)39-40(6,7)26(3,4)5)24(36)34-13-9-12-20(33-34)25(37)38-16-27(28,29)30;1-2-3-4-5/h12,14,16-17,21,23,26-28,37H,1,13,15,18-20,22H2,2-11H3,(H,35,39)(H,36,42);8,10-11,14,17,20-22,33H,9,12-13,15-16,31H2,1-7H3,(H,32,35);2,5H,1,3-4H2/t26-,27-,28-;20-,21-,22-;/m00./s1. The Morgan fingerprint density at radius 1 is 0.670 bits per heavy atom. The third-order valence-corrected chi connectivity index (χ3v) is 24.7. The lowest BCUT2D eigenvalue weighted by atomic mass is 10.0. The van der Waals surface area contributed by atoms with Gasteiger partial charge in [0.1, 0.15) is 53.9 Å². The zero-order chi connectivity index (χ0) is 69.5. The maximum absolute atomic E-state index is 14.1. The van der Waals surface area contributed by atoms with E-state index in [-0.39, 0.29) is 48.0 Å². The predicted molar refractivity (Wildman–Crippen MR) is 365 cm³/mol. The van der Waals surface area contributed by atoms with E-state index in [2.05, 4.69) is 108 Å². The van der Waals surface area contributed by atoms with Gasteiger partial charge in [-0.3, -0.25) is 38.8 Å². The Kier molecular flexibility index (Phi) is 33.3. The van der Waals surface area contributed by atoms with Crippen molar-refractivity contribution < 1.29 is 61.7 Å². The summed E-state index contributed by atoms with van der Waals surface area (Å²) >= 11 is 17.1. The number of ether oxygens (including phenoxy) is 3. The minimum Gasteiger partial charge on any atom is -0.543 e. The van der Waals surface area contributed by atoms with E-state index in [1.807, 2.05) is 62.4 Å². The summed E-state index contributed by atoms with van der Waals surface area (Å²) in [5.41, 5.74) is 12.9. The van der Waals surface area contributed by atoms with E-state index < -0.39 is 111 Å². The van der Waals surface area contributed by atoms with Gasteiger partial charge in [0.15, 0.2) is 0 Å². The molecule has 0 radical (unpaired) electrons. The number of amides is 5. The highest BCUT2D eigenvalue weighted by molar-refractivity contribution is 6.75. The molecule has 2 heterocycles. The molecule has 2 aromatic rings. The first kappa shape index (κ1) is 81.8. The molecule has 26 heteroatoms. The van der Waals surface area contributed by atoms with Crippen molar-refractivity contribution in [2.45, 2.75) is 223 Å². The molecule has 2 aliphatic rings. The van der Waals surface area contributed by atoms with Crippen molar-refractivity contribution in [3.05, 3.63) is 85.0 Å². The number of nitrogens with one attached hydrogen (secondary N) is 5. The van der Waals surface area contributed by atoms with Crippen LogP contribution in [-0.2, 0) is 55.8 Å². The number of benzene rings is 2. The van der Waals surface area contributed by atoms with E-state index in [1.165, 1.54) is 10.0 Å². The number of alkyl carbamates (subject to hydrolysis) is 1. The number of halogens is 3. The number of aliphatic hydroxyl groups is 1. The Labute approximate surface area is 558 Å². The third kappa shape index (κ3) is 29.3. The van der Waals surface area contributed by atoms with Gasteiger partial charge in [-0.2, -0.15) is 0 Å². The molecule has 2 aliphatic heterocycles. The van der Waals surface area contributed by atoms with Crippen LogP contribution in [0.5, 0.6) is 11.5 Å². The van der Waals surface area contributed by atoms with Crippen molar-refractivity contribution in [1.29, 1.82) is 0 Å². The topological polar surface area (TPSA) is 279 Å². The van der Waals surface area contributed by atoms with Crippen molar-refractivity contribution in [3.8, 4) is 11.5 Å². The van der Waals surface area contributed by atoms with Gasteiger partial charge in [-0.25, -0.2) is 15.6 Å². The number of alkyl halides is 3. The first-order valence-corrected chi connectivity index (χ1v) is 38.2. The molecule has 21 nitrogen and oxygen atoms in total. The second kappa shape index (κ2) is 37.0. The molecule has 514 valence electrons. The number of carbonyl (C=O) groups excluding carboxylic acids is 7. The van der Waals surface area contributed by atoms with Gasteiger partial charge in [-0.05, 0) is 143 Å². The number of hydrogen-bond acceptors (Lipinski definition) is 16. The van der Waals surface area contributed by atoms with Crippen LogP contribution in [0.15, 0.2) is 73.8 Å². The van der Waals surface area contributed by atoms with Gasteiger partial charge in [-0.1, -0.05) is 140 Å². The largest absolute Gasteiger partial charge is 0.543 e. The zero-order valence-electron chi connectivity index (χ0n) is 57.0. The van der Waals surface area contributed by atoms with Gasteiger partial charge >= 0.3 is 18.0 Å². The van der Waals surface area contributed by atoms with E-state index in [9.17, 15) is 33.6 Å². The molecule has 0 spiro atoms. The van der Waals surface area contributed by atoms with Crippen molar-refractivity contribution in [2.24, 2.45) is 17.6 Å². The third-order valence-electron chi connectivity index (χ3n) is 15.7. The van der Waals surface area contributed by atoms with Crippen LogP contribution >= 0.6 is 34.8 Å². The molecule has 5 amide bonds. The maximum atomic E-state index is 14.1. The zero-order valence-corrected chi connectivity index (χ0v) is 61.2. The molecule has 2 saturated heterocycles. The van der Waals surface area contributed by atoms with Crippen LogP contribution in [0.2, 0.25) is 36.3 Å². The second-order valence-electron chi connectivity index (χ2n) is 27.6. The average Bonchev–Trinajstić information content (AvgIpc) is 1.34. The maximum Gasteiger partial charge on any atom is 0.408 e. The quantitative estimate of drug-likeness (QED) is 0.0122. The fourth-order valence-electron chi connectivity index (χ4n) is 8.34. The molecule has 0 aromatic heterocycles. The highest BCUT2D eigenvalue weighted by Crippen LogP contribution is 2.39. The fraction of sp³-hybridized carbons (Fsp3) is 0.646. The fourth-order valence-corrected chi connectivity index (χ4v) is 10.5. The van der Waals surface area contributed by atoms with Crippen molar-refractivity contribution in [2.75, 3.05) is 32.9 Å². The summed E-state index contributed by atoms with van der Waals surface area (Å²) in [6.07, 6.45) is 6.27. The summed E-state index contributed by atoms with van der Waals surface area (Å²) in [7, 11) is -4.22.